The summed E-state index contributed by atoms with van der Waals surface area (Å²) in [5.41, 5.74) is 3.04. The number of nitrogens with one attached hydrogen (secondary N) is 1. The summed E-state index contributed by atoms with van der Waals surface area (Å²) >= 11 is 0. The van der Waals surface area contributed by atoms with Crippen LogP contribution in [0.2, 0.25) is 0 Å². The molecule has 0 saturated carbocycles. The summed E-state index contributed by atoms with van der Waals surface area (Å²) in [7, 11) is 4.07. The van der Waals surface area contributed by atoms with E-state index in [2.05, 4.69) is 50.4 Å². The first-order chi connectivity index (χ1) is 13.6. The normalized spacial score (nSPS) is 15.0. The van der Waals surface area contributed by atoms with E-state index in [1.54, 1.807) is 0 Å². The molecular formula is C23H32N4O. The van der Waals surface area contributed by atoms with Gasteiger partial charge in [0.05, 0.1) is 11.9 Å². The number of hydrogen-bond acceptors (Lipinski definition) is 4. The number of carbonyl (C=O) groups excluding carboxylic acids is 1. The van der Waals surface area contributed by atoms with Gasteiger partial charge in [-0.1, -0.05) is 30.3 Å². The summed E-state index contributed by atoms with van der Waals surface area (Å²) in [6, 6.07) is 14.6. The molecule has 1 aliphatic rings. The number of anilines is 1. The van der Waals surface area contributed by atoms with Crippen LogP contribution in [0.4, 0.5) is 5.69 Å². The Bertz CT molecular complexity index is 722. The summed E-state index contributed by atoms with van der Waals surface area (Å²) in [6.07, 6.45) is 6.34. The maximum Gasteiger partial charge on any atom is 0.269 e. The fourth-order valence-electron chi connectivity index (χ4n) is 3.74. The third kappa shape index (κ3) is 6.06. The Labute approximate surface area is 168 Å². The van der Waals surface area contributed by atoms with Gasteiger partial charge in [-0.05, 0) is 69.9 Å². The van der Waals surface area contributed by atoms with Crippen LogP contribution >= 0.6 is 0 Å². The molecule has 0 atom stereocenters. The molecule has 1 N–H and O–H groups in total. The molecule has 1 saturated heterocycles. The molecule has 0 unspecified atom stereocenters. The molecule has 1 fully saturated rings. The second-order valence-electron chi connectivity index (χ2n) is 7.93. The van der Waals surface area contributed by atoms with Gasteiger partial charge in [-0.2, -0.15) is 0 Å². The van der Waals surface area contributed by atoms with Crippen molar-refractivity contribution in [3.63, 3.8) is 0 Å². The van der Waals surface area contributed by atoms with E-state index >= 15 is 0 Å². The number of aromatic nitrogens is 1. The SMILES string of the molecule is CN(C)CCCNC(=O)c1ccc(N2CCC(Cc3ccccc3)CC2)cn1. The van der Waals surface area contributed by atoms with Crippen molar-refractivity contribution in [2.24, 2.45) is 5.92 Å². The fraction of sp³-hybridized carbons (Fsp3) is 0.478. The molecule has 2 heterocycles. The maximum absolute atomic E-state index is 12.2. The number of piperidine rings is 1. The minimum absolute atomic E-state index is 0.0909. The predicted molar refractivity (Wildman–Crippen MR) is 115 cm³/mol. The number of pyridine rings is 1. The first-order valence-electron chi connectivity index (χ1n) is 10.3. The molecule has 150 valence electrons. The molecule has 5 nitrogen and oxygen atoms in total. The number of hydrogen-bond donors (Lipinski definition) is 1. The largest absolute Gasteiger partial charge is 0.370 e. The van der Waals surface area contributed by atoms with Crippen molar-refractivity contribution in [2.45, 2.75) is 25.7 Å². The van der Waals surface area contributed by atoms with Crippen LogP contribution in [0.1, 0.15) is 35.3 Å². The molecule has 1 amide bonds. The van der Waals surface area contributed by atoms with Crippen LogP contribution in [0.3, 0.4) is 0 Å². The zero-order valence-corrected chi connectivity index (χ0v) is 17.1. The van der Waals surface area contributed by atoms with Gasteiger partial charge in [0.25, 0.3) is 5.91 Å². The van der Waals surface area contributed by atoms with Crippen molar-refractivity contribution in [3.05, 3.63) is 59.9 Å². The van der Waals surface area contributed by atoms with Crippen molar-refractivity contribution in [3.8, 4) is 0 Å². The van der Waals surface area contributed by atoms with E-state index in [9.17, 15) is 4.79 Å². The minimum atomic E-state index is -0.0909. The average Bonchev–Trinajstić information content (AvgIpc) is 2.72. The Morgan fingerprint density at radius 3 is 2.54 bits per heavy atom. The second-order valence-corrected chi connectivity index (χ2v) is 7.93. The molecule has 28 heavy (non-hydrogen) atoms. The van der Waals surface area contributed by atoms with Crippen LogP contribution in [-0.4, -0.2) is 56.1 Å². The van der Waals surface area contributed by atoms with Crippen LogP contribution in [0, 0.1) is 5.92 Å². The summed E-state index contributed by atoms with van der Waals surface area (Å²) in [5, 5.41) is 2.94. The van der Waals surface area contributed by atoms with E-state index in [0.29, 0.717) is 12.2 Å². The maximum atomic E-state index is 12.2. The van der Waals surface area contributed by atoms with Gasteiger partial charge < -0.3 is 15.1 Å². The minimum Gasteiger partial charge on any atom is -0.370 e. The van der Waals surface area contributed by atoms with Crippen LogP contribution in [0.5, 0.6) is 0 Å². The molecule has 0 bridgehead atoms. The van der Waals surface area contributed by atoms with Crippen LogP contribution in [0.15, 0.2) is 48.7 Å². The number of rotatable bonds is 8. The highest BCUT2D eigenvalue weighted by atomic mass is 16.1. The van der Waals surface area contributed by atoms with Crippen molar-refractivity contribution < 1.29 is 4.79 Å². The van der Waals surface area contributed by atoms with Crippen molar-refractivity contribution in [2.75, 3.05) is 45.2 Å². The standard InChI is InChI=1S/C23H32N4O/c1-26(2)14-6-13-24-23(28)22-10-9-21(18-25-22)27-15-11-20(12-16-27)17-19-7-4-3-5-8-19/h3-5,7-10,18,20H,6,11-17H2,1-2H3,(H,24,28). The second kappa shape index (κ2) is 10.2. The summed E-state index contributed by atoms with van der Waals surface area (Å²) < 4.78 is 0. The number of nitrogens with zero attached hydrogens (tertiary/aromatic N) is 3. The Kier molecular flexibility index (Phi) is 7.43. The van der Waals surface area contributed by atoms with Crippen molar-refractivity contribution >= 4 is 11.6 Å². The zero-order chi connectivity index (χ0) is 19.8. The lowest BCUT2D eigenvalue weighted by atomic mass is 9.90. The molecule has 1 aromatic carbocycles. The highest BCUT2D eigenvalue weighted by molar-refractivity contribution is 5.92. The first-order valence-corrected chi connectivity index (χ1v) is 10.3. The molecule has 1 aliphatic heterocycles. The van der Waals surface area contributed by atoms with Crippen molar-refractivity contribution in [1.82, 2.24) is 15.2 Å². The van der Waals surface area contributed by atoms with Gasteiger partial charge in [0.2, 0.25) is 0 Å². The molecule has 0 radical (unpaired) electrons. The molecule has 1 aromatic heterocycles. The van der Waals surface area contributed by atoms with Gasteiger partial charge in [0.15, 0.2) is 0 Å². The third-order valence-electron chi connectivity index (χ3n) is 5.40. The van der Waals surface area contributed by atoms with E-state index < -0.39 is 0 Å². The monoisotopic (exact) mass is 380 g/mol. The lowest BCUT2D eigenvalue weighted by Crippen LogP contribution is -2.34. The van der Waals surface area contributed by atoms with E-state index in [0.717, 1.165) is 37.7 Å². The van der Waals surface area contributed by atoms with Crippen LogP contribution in [0.25, 0.3) is 0 Å². The fourth-order valence-corrected chi connectivity index (χ4v) is 3.74. The topological polar surface area (TPSA) is 48.5 Å². The quantitative estimate of drug-likeness (QED) is 0.715. The number of benzene rings is 1. The van der Waals surface area contributed by atoms with Gasteiger partial charge >= 0.3 is 0 Å². The summed E-state index contributed by atoms with van der Waals surface area (Å²) in [5.74, 6) is 0.658. The van der Waals surface area contributed by atoms with Crippen molar-refractivity contribution in [1.29, 1.82) is 0 Å². The Morgan fingerprint density at radius 2 is 1.89 bits per heavy atom. The smallest absolute Gasteiger partial charge is 0.269 e. The highest BCUT2D eigenvalue weighted by Crippen LogP contribution is 2.25. The summed E-state index contributed by atoms with van der Waals surface area (Å²) in [6.45, 7) is 3.74. The van der Waals surface area contributed by atoms with Gasteiger partial charge in [0.1, 0.15) is 5.69 Å². The average molecular weight is 381 g/mol. The van der Waals surface area contributed by atoms with E-state index in [4.69, 9.17) is 0 Å². The Balaban J connectivity index is 1.44. The Morgan fingerprint density at radius 1 is 1.14 bits per heavy atom. The summed E-state index contributed by atoms with van der Waals surface area (Å²) in [4.78, 5) is 21.1. The van der Waals surface area contributed by atoms with E-state index in [1.807, 2.05) is 32.4 Å². The molecule has 2 aromatic rings. The first kappa shape index (κ1) is 20.3. The highest BCUT2D eigenvalue weighted by Gasteiger charge is 2.20. The molecule has 0 spiro atoms. The van der Waals surface area contributed by atoms with Crippen LogP contribution < -0.4 is 10.2 Å². The molecule has 5 heteroatoms. The van der Waals surface area contributed by atoms with Gasteiger partial charge in [0, 0.05) is 19.6 Å². The Hall–Kier alpha value is -2.40. The molecule has 3 rings (SSSR count). The van der Waals surface area contributed by atoms with Crippen LogP contribution in [-0.2, 0) is 6.42 Å². The number of amides is 1. The molecular weight excluding hydrogens is 348 g/mol. The number of carbonyl (C=O) groups is 1. The lowest BCUT2D eigenvalue weighted by Gasteiger charge is -2.33. The van der Waals surface area contributed by atoms with E-state index in [1.165, 1.54) is 24.8 Å². The van der Waals surface area contributed by atoms with Gasteiger partial charge in [-0.25, -0.2) is 4.98 Å². The predicted octanol–water partition coefficient (Wildman–Crippen LogP) is 3.22. The lowest BCUT2D eigenvalue weighted by molar-refractivity contribution is 0.0947. The molecule has 0 aliphatic carbocycles. The third-order valence-corrected chi connectivity index (χ3v) is 5.40. The zero-order valence-electron chi connectivity index (χ0n) is 17.1. The van der Waals surface area contributed by atoms with Gasteiger partial charge in [-0.3, -0.25) is 4.79 Å². The van der Waals surface area contributed by atoms with E-state index in [-0.39, 0.29) is 5.91 Å². The van der Waals surface area contributed by atoms with Gasteiger partial charge in [-0.15, -0.1) is 0 Å².